The van der Waals surface area contributed by atoms with Crippen molar-refractivity contribution in [1.29, 1.82) is 5.26 Å². The lowest BCUT2D eigenvalue weighted by molar-refractivity contribution is -0.134. The predicted molar refractivity (Wildman–Crippen MR) is 143 cm³/mol. The van der Waals surface area contributed by atoms with Gasteiger partial charge in [-0.25, -0.2) is 0 Å². The number of ether oxygens (including phenoxy) is 1. The molecule has 2 amide bonds. The minimum atomic E-state index is -0.527. The first kappa shape index (κ1) is 27.0. The number of carbonyl (C=O) groups excluding carboxylic acids is 2. The second-order valence-corrected chi connectivity index (χ2v) is 10.4. The Kier molecular flexibility index (Phi) is 7.91. The van der Waals surface area contributed by atoms with Crippen molar-refractivity contribution in [2.75, 3.05) is 27.2 Å². The van der Waals surface area contributed by atoms with Gasteiger partial charge in [0.1, 0.15) is 11.8 Å². The van der Waals surface area contributed by atoms with E-state index in [1.807, 2.05) is 32.0 Å². The van der Waals surface area contributed by atoms with Crippen molar-refractivity contribution >= 4 is 18.2 Å². The van der Waals surface area contributed by atoms with Crippen molar-refractivity contribution in [3.63, 3.8) is 0 Å². The third-order valence-corrected chi connectivity index (χ3v) is 7.33. The van der Waals surface area contributed by atoms with Crippen molar-refractivity contribution in [3.8, 4) is 11.8 Å². The monoisotopic (exact) mass is 517 g/mol. The number of amidine groups is 1. The van der Waals surface area contributed by atoms with Crippen LogP contribution in [0.1, 0.15) is 67.7 Å². The summed E-state index contributed by atoms with van der Waals surface area (Å²) in [5.41, 5.74) is 4.29. The van der Waals surface area contributed by atoms with Crippen LogP contribution in [0.4, 0.5) is 0 Å². The second kappa shape index (κ2) is 11.1. The van der Waals surface area contributed by atoms with Gasteiger partial charge in [0.05, 0.1) is 18.2 Å². The lowest BCUT2D eigenvalue weighted by atomic mass is 9.78. The molecule has 0 bridgehead atoms. The molecule has 9 heteroatoms. The summed E-state index contributed by atoms with van der Waals surface area (Å²) >= 11 is 0. The lowest BCUT2D eigenvalue weighted by Gasteiger charge is -2.34. The number of hydrogen-bond donors (Lipinski definition) is 1. The highest BCUT2D eigenvalue weighted by Crippen LogP contribution is 2.44. The zero-order valence-electron chi connectivity index (χ0n) is 22.7. The molecule has 1 heterocycles. The number of nitrogens with zero attached hydrogens (tertiary/aromatic N) is 4. The van der Waals surface area contributed by atoms with Crippen LogP contribution in [0.3, 0.4) is 0 Å². The van der Waals surface area contributed by atoms with Crippen LogP contribution in [0.2, 0.25) is 0 Å². The van der Waals surface area contributed by atoms with Crippen molar-refractivity contribution < 1.29 is 19.2 Å². The first-order chi connectivity index (χ1) is 18.2. The topological polar surface area (TPSA) is 107 Å². The van der Waals surface area contributed by atoms with E-state index in [0.29, 0.717) is 23.7 Å². The van der Waals surface area contributed by atoms with Gasteiger partial charge in [-0.3, -0.25) is 9.59 Å². The summed E-state index contributed by atoms with van der Waals surface area (Å²) in [5, 5.41) is 17.3. The van der Waals surface area contributed by atoms with Gasteiger partial charge in [-0.1, -0.05) is 30.3 Å². The molecule has 0 radical (unpaired) electrons. The summed E-state index contributed by atoms with van der Waals surface area (Å²) in [7, 11) is 3.38. The minimum Gasteiger partial charge on any atom is -0.490 e. The van der Waals surface area contributed by atoms with E-state index >= 15 is 0 Å². The van der Waals surface area contributed by atoms with Crippen LogP contribution in [0.15, 0.2) is 41.6 Å². The number of oxime groups is 1. The number of nitriles is 1. The van der Waals surface area contributed by atoms with Gasteiger partial charge in [-0.15, -0.1) is 0 Å². The molecule has 1 aliphatic heterocycles. The number of benzene rings is 2. The molecular weight excluding hydrogens is 482 g/mol. The highest BCUT2D eigenvalue weighted by Gasteiger charge is 2.41. The maximum absolute atomic E-state index is 12.3. The van der Waals surface area contributed by atoms with Gasteiger partial charge in [-0.05, 0) is 62.4 Å². The lowest BCUT2D eigenvalue weighted by Crippen LogP contribution is -2.43. The van der Waals surface area contributed by atoms with Gasteiger partial charge in [0.2, 0.25) is 18.5 Å². The number of amides is 2. The Balaban J connectivity index is 1.55. The van der Waals surface area contributed by atoms with Gasteiger partial charge >= 0.3 is 0 Å². The van der Waals surface area contributed by atoms with E-state index in [-0.39, 0.29) is 24.0 Å². The molecule has 1 N–H and O–H groups in total. The van der Waals surface area contributed by atoms with Crippen molar-refractivity contribution in [2.45, 2.75) is 57.8 Å². The van der Waals surface area contributed by atoms with Crippen LogP contribution >= 0.6 is 0 Å². The van der Waals surface area contributed by atoms with Crippen LogP contribution in [0, 0.1) is 11.3 Å². The number of likely N-dealkylation sites (N-methyl/N-ethyl adjacent to an activating group) is 1. The van der Waals surface area contributed by atoms with E-state index in [0.717, 1.165) is 36.8 Å². The summed E-state index contributed by atoms with van der Waals surface area (Å²) in [6.45, 7) is 6.50. The Morgan fingerprint density at radius 2 is 2.13 bits per heavy atom. The molecule has 2 atom stereocenters. The minimum absolute atomic E-state index is 0.0359. The van der Waals surface area contributed by atoms with E-state index < -0.39 is 6.23 Å². The summed E-state index contributed by atoms with van der Waals surface area (Å²) in [4.78, 5) is 33.0. The molecule has 2 unspecified atom stereocenters. The van der Waals surface area contributed by atoms with E-state index in [4.69, 9.17) is 9.57 Å². The number of nitrogens with one attached hydrogen (secondary N) is 1. The average molecular weight is 518 g/mol. The molecule has 2 aromatic carbocycles. The van der Waals surface area contributed by atoms with Crippen molar-refractivity contribution in [2.24, 2.45) is 5.16 Å². The maximum atomic E-state index is 12.3. The Morgan fingerprint density at radius 1 is 1.34 bits per heavy atom. The number of rotatable bonds is 10. The normalized spacial score (nSPS) is 19.6. The van der Waals surface area contributed by atoms with E-state index in [9.17, 15) is 14.9 Å². The van der Waals surface area contributed by atoms with Crippen molar-refractivity contribution in [1.82, 2.24) is 15.1 Å². The van der Waals surface area contributed by atoms with E-state index in [1.165, 1.54) is 16.0 Å². The summed E-state index contributed by atoms with van der Waals surface area (Å²) < 4.78 is 5.73. The standard InChI is InChI=1S/C29H35N5O4/c1-6-29(17-34(18-35)16-26(36)33(4)5)13-12-22-23(8-7-9-24(22)29)27-31-28(38-32-27)20-10-11-25(37-19(2)3)21(14-20)15-30/h7-11,14,18-19,28H,6,12-13,16-17H2,1-5H3,(H,31,32). The molecule has 0 aromatic heterocycles. The summed E-state index contributed by atoms with van der Waals surface area (Å²) in [6.07, 6.45) is 2.75. The SMILES string of the molecule is CCC1(CN(C=O)CC(=O)N(C)C)CCc2c(C3=NOC(c4ccc(OC(C)C)c(C#N)c4)N3)cccc21. The first-order valence-corrected chi connectivity index (χ1v) is 12.9. The zero-order chi connectivity index (χ0) is 27.4. The molecular formula is C29H35N5O4. The first-order valence-electron chi connectivity index (χ1n) is 12.9. The van der Waals surface area contributed by atoms with Crippen molar-refractivity contribution in [3.05, 3.63) is 64.2 Å². The van der Waals surface area contributed by atoms with E-state index in [2.05, 4.69) is 29.5 Å². The number of hydrogen-bond acceptors (Lipinski definition) is 7. The fourth-order valence-electron chi connectivity index (χ4n) is 5.26. The Morgan fingerprint density at radius 3 is 2.79 bits per heavy atom. The third kappa shape index (κ3) is 5.30. The molecule has 2 aromatic rings. The molecule has 200 valence electrons. The van der Waals surface area contributed by atoms with Crippen LogP contribution in [0.25, 0.3) is 0 Å². The summed E-state index contributed by atoms with van der Waals surface area (Å²) in [6, 6.07) is 13.8. The number of fused-ring (bicyclic) bond motifs is 1. The maximum Gasteiger partial charge on any atom is 0.241 e. The molecule has 0 saturated heterocycles. The number of carbonyl (C=O) groups is 2. The van der Waals surface area contributed by atoms with Gasteiger partial charge in [0.15, 0.2) is 5.84 Å². The largest absolute Gasteiger partial charge is 0.490 e. The third-order valence-electron chi connectivity index (χ3n) is 7.33. The molecule has 4 rings (SSSR count). The zero-order valence-corrected chi connectivity index (χ0v) is 22.7. The van der Waals surface area contributed by atoms with Gasteiger partial charge < -0.3 is 24.7 Å². The van der Waals surface area contributed by atoms with Gasteiger partial charge in [-0.2, -0.15) is 5.26 Å². The van der Waals surface area contributed by atoms with Crippen LogP contribution in [-0.4, -0.2) is 61.2 Å². The Hall–Kier alpha value is -4.06. The molecule has 0 spiro atoms. The Labute approximate surface area is 224 Å². The fraction of sp³-hybridized carbons (Fsp3) is 0.448. The average Bonchev–Trinajstić information content (AvgIpc) is 3.54. The van der Waals surface area contributed by atoms with Crippen LogP contribution < -0.4 is 10.1 Å². The quantitative estimate of drug-likeness (QED) is 0.484. The predicted octanol–water partition coefficient (Wildman–Crippen LogP) is 3.47. The molecule has 0 fully saturated rings. The molecule has 9 nitrogen and oxygen atoms in total. The smallest absolute Gasteiger partial charge is 0.241 e. The fourth-order valence-corrected chi connectivity index (χ4v) is 5.26. The highest BCUT2D eigenvalue weighted by atomic mass is 16.7. The molecule has 0 saturated carbocycles. The molecule has 1 aliphatic carbocycles. The van der Waals surface area contributed by atoms with Crippen LogP contribution in [-0.2, 0) is 26.3 Å². The summed E-state index contributed by atoms with van der Waals surface area (Å²) in [5.74, 6) is 1.07. The van der Waals surface area contributed by atoms with E-state index in [1.54, 1.807) is 31.1 Å². The molecule has 2 aliphatic rings. The second-order valence-electron chi connectivity index (χ2n) is 10.4. The van der Waals surface area contributed by atoms with Gasteiger partial charge in [0.25, 0.3) is 0 Å². The van der Waals surface area contributed by atoms with Gasteiger partial charge in [0, 0.05) is 37.2 Å². The Bertz CT molecular complexity index is 1280. The molecule has 38 heavy (non-hydrogen) atoms. The highest BCUT2D eigenvalue weighted by molar-refractivity contribution is 6.01. The van der Waals surface area contributed by atoms with Crippen LogP contribution in [0.5, 0.6) is 5.75 Å².